The third-order valence-electron chi connectivity index (χ3n) is 10.4. The quantitative estimate of drug-likeness (QED) is 0.140. The molecule has 0 aromatic heterocycles. The van der Waals surface area contributed by atoms with Crippen molar-refractivity contribution in [3.05, 3.63) is 92.1 Å². The van der Waals surface area contributed by atoms with Crippen LogP contribution >= 0.6 is 0 Å². The van der Waals surface area contributed by atoms with Crippen LogP contribution in [-0.2, 0) is 0 Å². The molecule has 47 heavy (non-hydrogen) atoms. The summed E-state index contributed by atoms with van der Waals surface area (Å²) < 4.78 is 5.27. The van der Waals surface area contributed by atoms with Crippen molar-refractivity contribution in [3.63, 3.8) is 0 Å². The van der Waals surface area contributed by atoms with Gasteiger partial charge in [0.2, 0.25) is 0 Å². The van der Waals surface area contributed by atoms with Crippen molar-refractivity contribution in [2.24, 2.45) is 0 Å². The van der Waals surface area contributed by atoms with E-state index in [1.165, 1.54) is 10.8 Å². The van der Waals surface area contributed by atoms with Gasteiger partial charge in [-0.2, -0.15) is 0 Å². The summed E-state index contributed by atoms with van der Waals surface area (Å²) in [6.07, 6.45) is 2.50. The molecule has 0 aliphatic carbocycles. The number of benzene rings is 3. The van der Waals surface area contributed by atoms with Crippen LogP contribution in [0.2, 0.25) is 118 Å². The number of hydrogen-bond donors (Lipinski definition) is 0. The average molecular weight is 790 g/mol. The SMILES string of the molecule is C[Si](C)(C)C(c1cc(C([Si](C)(C)C)[Si](C)(C)C)[c]([Ge]2=[c]3ccccc3=Cc3cccc[c]32)c(C([Si](C)(C)C)[Si](C)(C)C)c1)[Si](C)(C)C. The number of rotatable bonds is 10. The Kier molecular flexibility index (Phi) is 11.0. The topological polar surface area (TPSA) is 0 Å². The van der Waals surface area contributed by atoms with Crippen molar-refractivity contribution >= 4 is 77.2 Å². The van der Waals surface area contributed by atoms with Crippen LogP contribution in [0.3, 0.4) is 0 Å². The molecule has 256 valence electrons. The number of fused-ring (bicyclic) bond motifs is 2. The van der Waals surface area contributed by atoms with Crippen LogP contribution in [0.25, 0.3) is 6.08 Å². The Morgan fingerprint density at radius 1 is 0.447 bits per heavy atom. The zero-order valence-corrected chi connectivity index (χ0v) is 41.7. The van der Waals surface area contributed by atoms with Gasteiger partial charge in [-0.05, 0) is 0 Å². The molecule has 0 spiro atoms. The van der Waals surface area contributed by atoms with Crippen LogP contribution in [0.1, 0.15) is 37.7 Å². The van der Waals surface area contributed by atoms with Gasteiger partial charge in [-0.1, -0.05) is 0 Å². The summed E-state index contributed by atoms with van der Waals surface area (Å²) in [4.78, 5) is 0. The molecule has 4 rings (SSSR count). The molecule has 0 amide bonds. The van der Waals surface area contributed by atoms with E-state index >= 15 is 0 Å². The second-order valence-electron chi connectivity index (χ2n) is 21.3. The average Bonchev–Trinajstić information content (AvgIpc) is 2.82. The van der Waals surface area contributed by atoms with Crippen LogP contribution in [0.5, 0.6) is 0 Å². The maximum atomic E-state index is 2.93. The third-order valence-corrected chi connectivity index (χ3v) is 44.7. The summed E-state index contributed by atoms with van der Waals surface area (Å²) in [5.41, 5.74) is 6.93. The molecule has 0 saturated carbocycles. The normalized spacial score (nSPS) is 14.9. The van der Waals surface area contributed by atoms with E-state index in [1.807, 2.05) is 15.5 Å². The Bertz CT molecular complexity index is 1650. The Morgan fingerprint density at radius 2 is 0.830 bits per heavy atom. The minimum absolute atomic E-state index is 0.724. The Morgan fingerprint density at radius 3 is 1.26 bits per heavy atom. The second-order valence-corrected chi connectivity index (χ2v) is 59.7. The Labute approximate surface area is 300 Å². The predicted octanol–water partition coefficient (Wildman–Crippen LogP) is 10.5. The van der Waals surface area contributed by atoms with Crippen LogP contribution in [0.15, 0.2) is 60.7 Å². The van der Waals surface area contributed by atoms with Crippen molar-refractivity contribution in [1.29, 1.82) is 0 Å². The van der Waals surface area contributed by atoms with Crippen molar-refractivity contribution in [3.8, 4) is 0 Å². The molecule has 1 heterocycles. The molecular formula is C40H68GeSi6. The van der Waals surface area contributed by atoms with Gasteiger partial charge in [-0.15, -0.1) is 0 Å². The summed E-state index contributed by atoms with van der Waals surface area (Å²) in [5.74, 6) is 0. The van der Waals surface area contributed by atoms with Gasteiger partial charge in [0.1, 0.15) is 0 Å². The van der Waals surface area contributed by atoms with E-state index in [0.29, 0.717) is 0 Å². The van der Waals surface area contributed by atoms with Gasteiger partial charge in [0.15, 0.2) is 0 Å². The van der Waals surface area contributed by atoms with Crippen LogP contribution in [0.4, 0.5) is 0 Å². The van der Waals surface area contributed by atoms with E-state index in [4.69, 9.17) is 0 Å². The molecule has 0 unspecified atom stereocenters. The van der Waals surface area contributed by atoms with Crippen molar-refractivity contribution < 1.29 is 0 Å². The zero-order valence-electron chi connectivity index (χ0n) is 33.6. The van der Waals surface area contributed by atoms with E-state index in [0.717, 1.165) is 15.5 Å². The molecule has 0 radical (unpaired) electrons. The van der Waals surface area contributed by atoms with E-state index in [1.54, 1.807) is 14.0 Å². The van der Waals surface area contributed by atoms with Gasteiger partial charge in [-0.3, -0.25) is 0 Å². The molecule has 0 N–H and O–H groups in total. The van der Waals surface area contributed by atoms with E-state index in [9.17, 15) is 0 Å². The van der Waals surface area contributed by atoms with E-state index in [2.05, 4.69) is 185 Å². The molecule has 0 saturated heterocycles. The molecule has 0 bridgehead atoms. The Balaban J connectivity index is 2.45. The third kappa shape index (κ3) is 8.31. The molecule has 3 aromatic rings. The standard InChI is InChI=1S/C40H68GeSi6/c1-42(2,3)38(43(4,5)6)32-28-33(39(44(7,8)9)45(10,11)12)37(34(29-32)40(46(13,14)15)47(16,17)18)41-35-25-21-19-23-30(35)27-31-24-20-22-26-36(31)41/h19-29,38-40H,1-18H3. The van der Waals surface area contributed by atoms with Gasteiger partial charge in [0.05, 0.1) is 0 Å². The van der Waals surface area contributed by atoms with Crippen molar-refractivity contribution in [2.45, 2.75) is 133 Å². The first kappa shape index (κ1) is 39.2. The molecule has 0 fully saturated rings. The van der Waals surface area contributed by atoms with E-state index < -0.39 is 62.4 Å². The second kappa shape index (κ2) is 13.2. The zero-order chi connectivity index (χ0) is 35.7. The molecule has 7 heteroatoms. The maximum absolute atomic E-state index is 2.93. The number of hydrogen-bond acceptors (Lipinski definition) is 0. The van der Waals surface area contributed by atoms with Gasteiger partial charge >= 0.3 is 303 Å². The van der Waals surface area contributed by atoms with Gasteiger partial charge in [-0.25, -0.2) is 0 Å². The summed E-state index contributed by atoms with van der Waals surface area (Å²) in [6, 6.07) is 25.0. The first-order chi connectivity index (χ1) is 21.1. The molecule has 1 aliphatic heterocycles. The summed E-state index contributed by atoms with van der Waals surface area (Å²) in [5, 5.41) is 3.68. The van der Waals surface area contributed by atoms with Crippen LogP contribution in [-0.4, -0.2) is 62.4 Å². The van der Waals surface area contributed by atoms with Gasteiger partial charge in [0.25, 0.3) is 0 Å². The summed E-state index contributed by atoms with van der Waals surface area (Å²) >= 11 is -2.23. The minimum atomic E-state index is -2.23. The fourth-order valence-electron chi connectivity index (χ4n) is 10.7. The fraction of sp³-hybridized carbons (Fsp3) is 0.525. The van der Waals surface area contributed by atoms with Gasteiger partial charge in [0, 0.05) is 0 Å². The van der Waals surface area contributed by atoms with Crippen LogP contribution < -0.4 is 14.0 Å². The van der Waals surface area contributed by atoms with Crippen molar-refractivity contribution in [1.82, 2.24) is 0 Å². The Hall–Kier alpha value is -0.626. The monoisotopic (exact) mass is 790 g/mol. The predicted molar refractivity (Wildman–Crippen MR) is 235 cm³/mol. The molecular weight excluding hydrogens is 722 g/mol. The molecule has 0 atom stereocenters. The summed E-state index contributed by atoms with van der Waals surface area (Å²) in [6.45, 7) is 48.5. The van der Waals surface area contributed by atoms with Crippen LogP contribution in [0, 0.1) is 4.00 Å². The van der Waals surface area contributed by atoms with Crippen molar-refractivity contribution in [2.75, 3.05) is 0 Å². The summed E-state index contributed by atoms with van der Waals surface area (Å²) in [7, 11) is -9.49. The molecule has 0 nitrogen and oxygen atoms in total. The fourth-order valence-corrected chi connectivity index (χ4v) is 56.9. The molecule has 3 aromatic carbocycles. The van der Waals surface area contributed by atoms with E-state index in [-0.39, 0.29) is 0 Å². The first-order valence-corrected chi connectivity index (χ1v) is 42.8. The first-order valence-electron chi connectivity index (χ1n) is 18.2. The van der Waals surface area contributed by atoms with Gasteiger partial charge < -0.3 is 0 Å². The molecule has 1 aliphatic rings.